The molecule has 0 bridgehead atoms. The van der Waals surface area contributed by atoms with Gasteiger partial charge in [0.2, 0.25) is 5.91 Å². The van der Waals surface area contributed by atoms with Crippen molar-refractivity contribution >= 4 is 33.4 Å². The van der Waals surface area contributed by atoms with Crippen molar-refractivity contribution in [3.63, 3.8) is 0 Å². The molecule has 0 radical (unpaired) electrons. The number of para-hydroxylation sites is 1. The Labute approximate surface area is 169 Å². The molecule has 148 valence electrons. The number of fused-ring (bicyclic) bond motifs is 1. The summed E-state index contributed by atoms with van der Waals surface area (Å²) in [6.45, 7) is 3.51. The second-order valence-electron chi connectivity index (χ2n) is 7.53. The predicted octanol–water partition coefficient (Wildman–Crippen LogP) is 4.15. The van der Waals surface area contributed by atoms with E-state index in [2.05, 4.69) is 18.2 Å². The van der Waals surface area contributed by atoms with Crippen molar-refractivity contribution in [3.05, 3.63) is 41.4 Å². The lowest BCUT2D eigenvalue weighted by molar-refractivity contribution is -0.152. The summed E-state index contributed by atoms with van der Waals surface area (Å²) in [4.78, 5) is 32.0. The maximum absolute atomic E-state index is 13.3. The van der Waals surface area contributed by atoms with E-state index < -0.39 is 0 Å². The van der Waals surface area contributed by atoms with Crippen molar-refractivity contribution in [1.82, 2.24) is 9.88 Å². The van der Waals surface area contributed by atoms with E-state index in [4.69, 9.17) is 9.72 Å². The Morgan fingerprint density at radius 2 is 1.93 bits per heavy atom. The lowest BCUT2D eigenvalue weighted by atomic mass is 9.81. The summed E-state index contributed by atoms with van der Waals surface area (Å²) in [6, 6.07) is 8.15. The van der Waals surface area contributed by atoms with Crippen molar-refractivity contribution < 1.29 is 14.3 Å². The highest BCUT2D eigenvalue weighted by atomic mass is 32.1. The van der Waals surface area contributed by atoms with Crippen molar-refractivity contribution in [3.8, 4) is 0 Å². The van der Waals surface area contributed by atoms with Crippen LogP contribution in [0.3, 0.4) is 0 Å². The van der Waals surface area contributed by atoms with Gasteiger partial charge >= 0.3 is 5.97 Å². The van der Waals surface area contributed by atoms with Crippen LogP contribution in [-0.2, 0) is 14.3 Å². The lowest BCUT2D eigenvalue weighted by Gasteiger charge is -2.36. The van der Waals surface area contributed by atoms with Gasteiger partial charge in [-0.15, -0.1) is 11.3 Å². The van der Waals surface area contributed by atoms with Crippen LogP contribution < -0.4 is 0 Å². The van der Waals surface area contributed by atoms with E-state index in [1.54, 1.807) is 11.3 Å². The first-order valence-electron chi connectivity index (χ1n) is 10.1. The predicted molar refractivity (Wildman–Crippen MR) is 110 cm³/mol. The molecule has 1 aromatic heterocycles. The van der Waals surface area contributed by atoms with E-state index in [-0.39, 0.29) is 29.6 Å². The highest BCUT2D eigenvalue weighted by Gasteiger charge is 2.37. The van der Waals surface area contributed by atoms with E-state index >= 15 is 0 Å². The number of benzene rings is 1. The van der Waals surface area contributed by atoms with Gasteiger partial charge in [0.25, 0.3) is 0 Å². The van der Waals surface area contributed by atoms with E-state index in [1.165, 1.54) is 4.70 Å². The number of amides is 1. The lowest BCUT2D eigenvalue weighted by Crippen LogP contribution is -2.44. The SMILES string of the molecule is CCOC(=O)C1CCN(C(=O)C2CC=CCC2c2nc3ccccc3s2)CC1. The molecule has 2 aromatic rings. The number of thiazole rings is 1. The fourth-order valence-corrected chi connectivity index (χ4v) is 5.38. The zero-order valence-electron chi connectivity index (χ0n) is 16.2. The first-order valence-corrected chi connectivity index (χ1v) is 10.9. The van der Waals surface area contributed by atoms with Gasteiger partial charge < -0.3 is 9.64 Å². The fourth-order valence-electron chi connectivity index (χ4n) is 4.24. The zero-order valence-corrected chi connectivity index (χ0v) is 17.0. The van der Waals surface area contributed by atoms with Crippen molar-refractivity contribution in [2.75, 3.05) is 19.7 Å². The monoisotopic (exact) mass is 398 g/mol. The first-order chi connectivity index (χ1) is 13.7. The molecule has 6 heteroatoms. The van der Waals surface area contributed by atoms with E-state index in [1.807, 2.05) is 30.0 Å². The maximum atomic E-state index is 13.3. The summed E-state index contributed by atoms with van der Waals surface area (Å²) >= 11 is 1.70. The van der Waals surface area contributed by atoms with Crippen LogP contribution in [0.5, 0.6) is 0 Å². The van der Waals surface area contributed by atoms with Crippen LogP contribution in [0.2, 0.25) is 0 Å². The summed E-state index contributed by atoms with van der Waals surface area (Å²) in [6.07, 6.45) is 7.30. The third kappa shape index (κ3) is 3.83. The average Bonchev–Trinajstić information content (AvgIpc) is 3.18. The highest BCUT2D eigenvalue weighted by molar-refractivity contribution is 7.18. The Morgan fingerprint density at radius 3 is 2.68 bits per heavy atom. The minimum Gasteiger partial charge on any atom is -0.466 e. The number of piperidine rings is 1. The first kappa shape index (κ1) is 19.1. The molecule has 2 heterocycles. The largest absolute Gasteiger partial charge is 0.466 e. The zero-order chi connectivity index (χ0) is 19.5. The van der Waals surface area contributed by atoms with E-state index in [9.17, 15) is 9.59 Å². The summed E-state index contributed by atoms with van der Waals surface area (Å²) in [5.74, 6) is 0.0798. The number of allylic oxidation sites excluding steroid dienone is 2. The number of aromatic nitrogens is 1. The molecule has 2 atom stereocenters. The molecule has 5 nitrogen and oxygen atoms in total. The van der Waals surface area contributed by atoms with Crippen LogP contribution in [0.15, 0.2) is 36.4 Å². The topological polar surface area (TPSA) is 59.5 Å². The summed E-state index contributed by atoms with van der Waals surface area (Å²) in [7, 11) is 0. The molecule has 4 rings (SSSR count). The van der Waals surface area contributed by atoms with Gasteiger partial charge in [0, 0.05) is 19.0 Å². The number of hydrogen-bond acceptors (Lipinski definition) is 5. The molecule has 1 aliphatic heterocycles. The van der Waals surface area contributed by atoms with Crippen molar-refractivity contribution in [2.24, 2.45) is 11.8 Å². The van der Waals surface area contributed by atoms with Gasteiger partial charge in [-0.3, -0.25) is 9.59 Å². The van der Waals surface area contributed by atoms with Crippen LogP contribution in [0.1, 0.15) is 43.5 Å². The molecular weight excluding hydrogens is 372 g/mol. The number of hydrogen-bond donors (Lipinski definition) is 0. The van der Waals surface area contributed by atoms with Gasteiger partial charge in [0.1, 0.15) is 0 Å². The summed E-state index contributed by atoms with van der Waals surface area (Å²) < 4.78 is 6.31. The number of likely N-dealkylation sites (tertiary alicyclic amines) is 1. The quantitative estimate of drug-likeness (QED) is 0.573. The molecule has 1 fully saturated rings. The van der Waals surface area contributed by atoms with Gasteiger partial charge in [-0.25, -0.2) is 4.98 Å². The molecule has 1 amide bonds. The van der Waals surface area contributed by atoms with Crippen LogP contribution in [-0.4, -0.2) is 41.5 Å². The molecular formula is C22H26N2O3S. The standard InChI is InChI=1S/C22H26N2O3S/c1-2-27-22(26)15-11-13-24(14-12-15)21(25)17-8-4-3-7-16(17)20-23-18-9-5-6-10-19(18)28-20/h3-6,9-10,15-17H,2,7-8,11-14H2,1H3. The number of esters is 1. The number of carbonyl (C=O) groups is 2. The van der Waals surface area contributed by atoms with Gasteiger partial charge in [0.15, 0.2) is 0 Å². The molecule has 1 saturated heterocycles. The molecule has 1 aliphatic carbocycles. The van der Waals surface area contributed by atoms with Crippen LogP contribution >= 0.6 is 11.3 Å². The molecule has 2 unspecified atom stereocenters. The average molecular weight is 399 g/mol. The molecule has 1 aromatic carbocycles. The van der Waals surface area contributed by atoms with Gasteiger partial charge in [-0.2, -0.15) is 0 Å². The Morgan fingerprint density at radius 1 is 1.18 bits per heavy atom. The van der Waals surface area contributed by atoms with Crippen LogP contribution in [0, 0.1) is 11.8 Å². The Hall–Kier alpha value is -2.21. The van der Waals surface area contributed by atoms with Crippen molar-refractivity contribution in [2.45, 2.75) is 38.5 Å². The fraction of sp³-hybridized carbons (Fsp3) is 0.500. The highest BCUT2D eigenvalue weighted by Crippen LogP contribution is 2.39. The van der Waals surface area contributed by atoms with Gasteiger partial charge in [0.05, 0.1) is 33.7 Å². The Kier molecular flexibility index (Phi) is 5.76. The second kappa shape index (κ2) is 8.43. The second-order valence-corrected chi connectivity index (χ2v) is 8.59. The Bertz CT molecular complexity index is 850. The number of rotatable bonds is 4. The molecule has 28 heavy (non-hydrogen) atoms. The van der Waals surface area contributed by atoms with Gasteiger partial charge in [-0.1, -0.05) is 24.3 Å². The third-order valence-electron chi connectivity index (χ3n) is 5.80. The van der Waals surface area contributed by atoms with Crippen LogP contribution in [0.4, 0.5) is 0 Å². The number of nitrogens with zero attached hydrogens (tertiary/aromatic N) is 2. The smallest absolute Gasteiger partial charge is 0.309 e. The molecule has 0 spiro atoms. The minimum absolute atomic E-state index is 0.0651. The molecule has 0 N–H and O–H groups in total. The molecule has 0 saturated carbocycles. The normalized spacial score (nSPS) is 23.1. The number of carbonyl (C=O) groups excluding carboxylic acids is 2. The van der Waals surface area contributed by atoms with Crippen LogP contribution in [0.25, 0.3) is 10.2 Å². The summed E-state index contributed by atoms with van der Waals surface area (Å²) in [5, 5.41) is 1.06. The van der Waals surface area contributed by atoms with E-state index in [0.717, 1.165) is 23.4 Å². The molecule has 2 aliphatic rings. The third-order valence-corrected chi connectivity index (χ3v) is 6.97. The Balaban J connectivity index is 1.47. The van der Waals surface area contributed by atoms with Gasteiger partial charge in [-0.05, 0) is 44.7 Å². The maximum Gasteiger partial charge on any atom is 0.309 e. The van der Waals surface area contributed by atoms with E-state index in [0.29, 0.717) is 32.5 Å². The van der Waals surface area contributed by atoms with Crippen molar-refractivity contribution in [1.29, 1.82) is 0 Å². The number of ether oxygens (including phenoxy) is 1. The summed E-state index contributed by atoms with van der Waals surface area (Å²) in [5.41, 5.74) is 1.01. The minimum atomic E-state index is -0.123.